The Hall–Kier alpha value is -3.02. The number of ether oxygens (including phenoxy) is 1. The van der Waals surface area contributed by atoms with E-state index in [4.69, 9.17) is 27.9 Å². The molecular weight excluding hydrogens is 635 g/mol. The number of para-hydroxylation sites is 2. The van der Waals surface area contributed by atoms with Gasteiger partial charge in [-0.25, -0.2) is 4.31 Å². The number of nitrogens with one attached hydrogen (secondary N) is 3. The minimum atomic E-state index is -4.57. The Kier molecular flexibility index (Phi) is 13.4. The normalized spacial score (nSPS) is 13.4. The maximum absolute atomic E-state index is 13.6. The first-order valence-corrected chi connectivity index (χ1v) is 16.0. The highest BCUT2D eigenvalue weighted by Crippen LogP contribution is 2.35. The van der Waals surface area contributed by atoms with Gasteiger partial charge >= 0.3 is 10.2 Å². The third-order valence-corrected chi connectivity index (χ3v) is 8.77. The van der Waals surface area contributed by atoms with E-state index in [1.54, 1.807) is 48.5 Å². The minimum Gasteiger partial charge on any atom is -0.454 e. The molecule has 0 radical (unpaired) electrons. The summed E-state index contributed by atoms with van der Waals surface area (Å²) in [6.45, 7) is 1.79. The van der Waals surface area contributed by atoms with Gasteiger partial charge in [-0.05, 0) is 80.7 Å². The smallest absolute Gasteiger partial charge is 0.327 e. The van der Waals surface area contributed by atoms with Crippen molar-refractivity contribution in [3.05, 3.63) is 88.4 Å². The first-order valence-electron chi connectivity index (χ1n) is 13.8. The number of rotatable bonds is 13. The molecule has 3 N–H and O–H groups in total. The van der Waals surface area contributed by atoms with Crippen LogP contribution in [0.1, 0.15) is 42.5 Å². The predicted molar refractivity (Wildman–Crippen MR) is 173 cm³/mol. The molecule has 1 aliphatic heterocycles. The largest absolute Gasteiger partial charge is 0.454 e. The number of nitrogens with zero attached hydrogens (tertiary/aromatic N) is 1. The van der Waals surface area contributed by atoms with Crippen LogP contribution >= 0.6 is 35.6 Å². The average molecular weight is 670 g/mol. The molecule has 0 atom stereocenters. The van der Waals surface area contributed by atoms with E-state index in [1.807, 2.05) is 0 Å². The molecule has 9 nitrogen and oxygen atoms in total. The Morgan fingerprint density at radius 3 is 2.35 bits per heavy atom. The first kappa shape index (κ1) is 34.5. The third kappa shape index (κ3) is 10.3. The molecule has 43 heavy (non-hydrogen) atoms. The zero-order chi connectivity index (χ0) is 30.0. The Labute approximate surface area is 268 Å². The topological polar surface area (TPSA) is 117 Å². The zero-order valence-electron chi connectivity index (χ0n) is 23.4. The summed E-state index contributed by atoms with van der Waals surface area (Å²) >= 11 is 12.2. The van der Waals surface area contributed by atoms with Crippen LogP contribution in [0.5, 0.6) is 11.5 Å². The molecule has 1 saturated heterocycles. The summed E-state index contributed by atoms with van der Waals surface area (Å²) in [7, 11) is -4.57. The molecule has 1 aliphatic rings. The van der Waals surface area contributed by atoms with Crippen molar-refractivity contribution in [2.75, 3.05) is 30.9 Å². The van der Waals surface area contributed by atoms with E-state index in [9.17, 15) is 18.0 Å². The molecule has 0 aromatic heterocycles. The van der Waals surface area contributed by atoms with Gasteiger partial charge in [0.05, 0.1) is 10.7 Å². The van der Waals surface area contributed by atoms with Gasteiger partial charge in [-0.1, -0.05) is 66.4 Å². The monoisotopic (exact) mass is 668 g/mol. The number of carbonyl (C=O) groups is 2. The highest BCUT2D eigenvalue weighted by molar-refractivity contribution is 7.91. The number of benzene rings is 3. The van der Waals surface area contributed by atoms with Crippen molar-refractivity contribution in [1.82, 2.24) is 14.9 Å². The van der Waals surface area contributed by atoms with Gasteiger partial charge in [0.15, 0.2) is 5.75 Å². The van der Waals surface area contributed by atoms with Crippen LogP contribution in [0.15, 0.2) is 72.8 Å². The highest BCUT2D eigenvalue weighted by Gasteiger charge is 2.31. The quantitative estimate of drug-likeness (QED) is 0.184. The van der Waals surface area contributed by atoms with Crippen LogP contribution in [0.25, 0.3) is 0 Å². The molecule has 0 saturated carbocycles. The summed E-state index contributed by atoms with van der Waals surface area (Å²) in [4.78, 5) is 26.3. The van der Waals surface area contributed by atoms with Gasteiger partial charge in [0.1, 0.15) is 12.3 Å². The fraction of sp³-hybridized carbons (Fsp3) is 0.333. The van der Waals surface area contributed by atoms with Crippen LogP contribution < -0.4 is 20.1 Å². The molecule has 13 heteroatoms. The number of unbranched alkanes of at least 4 members (excludes halogenated alkanes) is 1. The number of carbonyl (C=O) groups excluding carboxylic acids is 2. The second kappa shape index (κ2) is 16.7. The number of hydrogen-bond acceptors (Lipinski definition) is 6. The summed E-state index contributed by atoms with van der Waals surface area (Å²) in [6.07, 6.45) is 5.15. The molecule has 2 amide bonds. The maximum atomic E-state index is 13.6. The lowest BCUT2D eigenvalue weighted by atomic mass is 9.92. The van der Waals surface area contributed by atoms with Gasteiger partial charge in [-0.15, -0.1) is 12.4 Å². The molecule has 0 spiro atoms. The van der Waals surface area contributed by atoms with E-state index in [0.717, 1.165) is 45.2 Å². The van der Waals surface area contributed by atoms with Crippen LogP contribution in [0.4, 0.5) is 5.69 Å². The van der Waals surface area contributed by atoms with Crippen LogP contribution in [0, 0.1) is 5.92 Å². The van der Waals surface area contributed by atoms with Crippen molar-refractivity contribution in [3.63, 3.8) is 0 Å². The molecule has 4 rings (SSSR count). The summed E-state index contributed by atoms with van der Waals surface area (Å²) in [5, 5.41) is 6.76. The van der Waals surface area contributed by atoms with E-state index in [0.29, 0.717) is 21.8 Å². The van der Waals surface area contributed by atoms with Crippen molar-refractivity contribution in [2.24, 2.45) is 5.92 Å². The van der Waals surface area contributed by atoms with Gasteiger partial charge in [0.2, 0.25) is 5.91 Å². The molecule has 0 bridgehead atoms. The average Bonchev–Trinajstić information content (AvgIpc) is 2.98. The van der Waals surface area contributed by atoms with Gasteiger partial charge in [0.25, 0.3) is 5.91 Å². The van der Waals surface area contributed by atoms with Crippen LogP contribution in [-0.2, 0) is 15.0 Å². The van der Waals surface area contributed by atoms with Crippen molar-refractivity contribution in [1.29, 1.82) is 0 Å². The lowest BCUT2D eigenvalue weighted by molar-refractivity contribution is -0.121. The lowest BCUT2D eigenvalue weighted by Crippen LogP contribution is -2.46. The van der Waals surface area contributed by atoms with Crippen LogP contribution in [0.2, 0.25) is 10.0 Å². The highest BCUT2D eigenvalue weighted by atomic mass is 35.5. The molecule has 3 aromatic carbocycles. The standard InChI is InChI=1S/C30H34Cl2N4O5S.ClH/c31-24-13-14-27(25(32)20-24)41-28-12-5-4-11-26(28)35-42(39,40)36(30(38)23-9-2-1-3-10-23)21-29(37)34-17-7-6-8-22-15-18-33-19-16-22;/h1-5,9-14,20,22,33,35H,6-8,15-19,21H2,(H,34,37);1H. The van der Waals surface area contributed by atoms with Crippen molar-refractivity contribution < 1.29 is 22.7 Å². The molecular formula is C30H35Cl3N4O5S. The number of piperidine rings is 1. The summed E-state index contributed by atoms with van der Waals surface area (Å²) in [5.41, 5.74) is 0.169. The number of hydrogen-bond donors (Lipinski definition) is 3. The van der Waals surface area contributed by atoms with Gasteiger partial charge in [-0.2, -0.15) is 8.42 Å². The summed E-state index contributed by atoms with van der Waals surface area (Å²) in [5.74, 6) is -0.341. The molecule has 1 fully saturated rings. The van der Waals surface area contributed by atoms with Crippen molar-refractivity contribution in [3.8, 4) is 11.5 Å². The number of amides is 2. The van der Waals surface area contributed by atoms with Gasteiger partial charge in [-0.3, -0.25) is 14.3 Å². The van der Waals surface area contributed by atoms with E-state index < -0.39 is 28.6 Å². The Balaban J connectivity index is 0.00000506. The van der Waals surface area contributed by atoms with Crippen LogP contribution in [0.3, 0.4) is 0 Å². The first-order chi connectivity index (χ1) is 20.2. The fourth-order valence-corrected chi connectivity index (χ4v) is 6.26. The Morgan fingerprint density at radius 1 is 0.930 bits per heavy atom. The molecule has 0 aliphatic carbocycles. The van der Waals surface area contributed by atoms with Crippen molar-refractivity contribution in [2.45, 2.75) is 32.1 Å². The second-order valence-electron chi connectivity index (χ2n) is 10.00. The van der Waals surface area contributed by atoms with Crippen molar-refractivity contribution >= 4 is 63.3 Å². The summed E-state index contributed by atoms with van der Waals surface area (Å²) in [6, 6.07) is 18.8. The van der Waals surface area contributed by atoms with E-state index in [1.165, 1.54) is 24.3 Å². The minimum absolute atomic E-state index is 0. The van der Waals surface area contributed by atoms with E-state index >= 15 is 0 Å². The van der Waals surface area contributed by atoms with Gasteiger partial charge < -0.3 is 15.4 Å². The molecule has 1 heterocycles. The molecule has 3 aromatic rings. The number of halogens is 3. The predicted octanol–water partition coefficient (Wildman–Crippen LogP) is 6.29. The fourth-order valence-electron chi connectivity index (χ4n) is 4.64. The Bertz CT molecular complexity index is 1470. The summed E-state index contributed by atoms with van der Waals surface area (Å²) < 4.78 is 36.1. The Morgan fingerprint density at radius 2 is 1.63 bits per heavy atom. The zero-order valence-corrected chi connectivity index (χ0v) is 26.6. The molecule has 232 valence electrons. The van der Waals surface area contributed by atoms with Crippen LogP contribution in [-0.4, -0.2) is 50.7 Å². The lowest BCUT2D eigenvalue weighted by Gasteiger charge is -2.24. The van der Waals surface area contributed by atoms with E-state index in [-0.39, 0.29) is 40.2 Å². The molecule has 0 unspecified atom stereocenters. The number of anilines is 1. The second-order valence-corrected chi connectivity index (χ2v) is 12.4. The van der Waals surface area contributed by atoms with E-state index in [2.05, 4.69) is 15.4 Å². The van der Waals surface area contributed by atoms with Gasteiger partial charge in [0, 0.05) is 17.1 Å². The maximum Gasteiger partial charge on any atom is 0.327 e. The third-order valence-electron chi connectivity index (χ3n) is 6.88. The SMILES string of the molecule is Cl.O=C(CN(C(=O)c1ccccc1)S(=O)(=O)Nc1ccccc1Oc1ccc(Cl)cc1Cl)NCCCCC1CCNCC1.